The van der Waals surface area contributed by atoms with Crippen molar-refractivity contribution in [2.45, 2.75) is 31.9 Å². The Morgan fingerprint density at radius 2 is 2.30 bits per heavy atom. The first kappa shape index (κ1) is 16.2. The first-order valence-electron chi connectivity index (χ1n) is 7.07. The second kappa shape index (κ2) is 8.35. The molecule has 3 nitrogen and oxygen atoms in total. The van der Waals surface area contributed by atoms with Gasteiger partial charge in [0.15, 0.2) is 0 Å². The summed E-state index contributed by atoms with van der Waals surface area (Å²) in [7, 11) is 0. The molecule has 2 unspecified atom stereocenters. The molecule has 0 aromatic heterocycles. The highest BCUT2D eigenvalue weighted by Crippen LogP contribution is 2.23. The van der Waals surface area contributed by atoms with E-state index in [1.54, 1.807) is 0 Å². The predicted molar refractivity (Wildman–Crippen MR) is 85.5 cm³/mol. The minimum Gasteiger partial charge on any atom is -0.376 e. The van der Waals surface area contributed by atoms with E-state index in [1.807, 2.05) is 12.1 Å². The van der Waals surface area contributed by atoms with E-state index < -0.39 is 0 Å². The third-order valence-corrected chi connectivity index (χ3v) is 4.25. The quantitative estimate of drug-likeness (QED) is 0.841. The molecule has 1 aromatic rings. The second-order valence-electron chi connectivity index (χ2n) is 4.98. The number of hydrogen-bond acceptors (Lipinski definition) is 3. The Kier molecular flexibility index (Phi) is 6.78. The molecule has 1 saturated heterocycles. The van der Waals surface area contributed by atoms with Crippen LogP contribution in [0.3, 0.4) is 0 Å². The fourth-order valence-electron chi connectivity index (χ4n) is 2.33. The fourth-order valence-corrected chi connectivity index (χ4v) is 3.08. The Balaban J connectivity index is 2.05. The van der Waals surface area contributed by atoms with Gasteiger partial charge in [0.05, 0.1) is 25.9 Å². The average molecular weight is 363 g/mol. The molecule has 2 atom stereocenters. The highest BCUT2D eigenvalue weighted by Gasteiger charge is 2.25. The third kappa shape index (κ3) is 4.71. The summed E-state index contributed by atoms with van der Waals surface area (Å²) in [5.74, 6) is 0. The molecular weight excluding hydrogens is 342 g/mol. The van der Waals surface area contributed by atoms with E-state index in [0.29, 0.717) is 19.8 Å². The number of ether oxygens (including phenoxy) is 2. The number of halogens is 2. The van der Waals surface area contributed by atoms with Crippen LogP contribution in [0.25, 0.3) is 0 Å². The van der Waals surface area contributed by atoms with Gasteiger partial charge in [-0.2, -0.15) is 0 Å². The first-order valence-corrected chi connectivity index (χ1v) is 8.24. The SMILES string of the molecule is CCCNC(Cc1ccc(Br)cc1Cl)C1COCCO1. The number of rotatable bonds is 6. The van der Waals surface area contributed by atoms with Gasteiger partial charge in [-0.1, -0.05) is 40.5 Å². The molecule has 20 heavy (non-hydrogen) atoms. The zero-order chi connectivity index (χ0) is 14.4. The van der Waals surface area contributed by atoms with Crippen LogP contribution in [0.4, 0.5) is 0 Å². The summed E-state index contributed by atoms with van der Waals surface area (Å²) in [5, 5.41) is 4.35. The molecule has 1 aromatic carbocycles. The van der Waals surface area contributed by atoms with Gasteiger partial charge in [-0.3, -0.25) is 0 Å². The zero-order valence-corrected chi connectivity index (χ0v) is 14.0. The van der Waals surface area contributed by atoms with Gasteiger partial charge in [-0.05, 0) is 37.1 Å². The molecule has 0 spiro atoms. The molecule has 0 bridgehead atoms. The van der Waals surface area contributed by atoms with Crippen LogP contribution in [-0.2, 0) is 15.9 Å². The van der Waals surface area contributed by atoms with Crippen molar-refractivity contribution in [2.75, 3.05) is 26.4 Å². The second-order valence-corrected chi connectivity index (χ2v) is 6.31. The van der Waals surface area contributed by atoms with Crippen molar-refractivity contribution in [1.82, 2.24) is 5.32 Å². The van der Waals surface area contributed by atoms with E-state index in [-0.39, 0.29) is 12.1 Å². The van der Waals surface area contributed by atoms with Crippen LogP contribution in [0.2, 0.25) is 5.02 Å². The van der Waals surface area contributed by atoms with Gasteiger partial charge < -0.3 is 14.8 Å². The Morgan fingerprint density at radius 3 is 2.95 bits per heavy atom. The van der Waals surface area contributed by atoms with Crippen LogP contribution in [0, 0.1) is 0 Å². The van der Waals surface area contributed by atoms with Crippen LogP contribution in [0.1, 0.15) is 18.9 Å². The smallest absolute Gasteiger partial charge is 0.0965 e. The van der Waals surface area contributed by atoms with Crippen molar-refractivity contribution < 1.29 is 9.47 Å². The standard InChI is InChI=1S/C15H21BrClNO2/c1-2-5-18-14(15-10-19-6-7-20-15)8-11-3-4-12(16)9-13(11)17/h3-4,9,14-15,18H,2,5-8,10H2,1H3. The van der Waals surface area contributed by atoms with Crippen molar-refractivity contribution in [1.29, 1.82) is 0 Å². The monoisotopic (exact) mass is 361 g/mol. The highest BCUT2D eigenvalue weighted by atomic mass is 79.9. The van der Waals surface area contributed by atoms with E-state index >= 15 is 0 Å². The Bertz CT molecular complexity index is 424. The summed E-state index contributed by atoms with van der Waals surface area (Å²) >= 11 is 9.75. The summed E-state index contributed by atoms with van der Waals surface area (Å²) in [6.45, 7) is 5.14. The first-order chi connectivity index (χ1) is 9.70. The van der Waals surface area contributed by atoms with Crippen LogP contribution in [0.15, 0.2) is 22.7 Å². The van der Waals surface area contributed by atoms with Crippen molar-refractivity contribution in [2.24, 2.45) is 0 Å². The minimum absolute atomic E-state index is 0.0926. The van der Waals surface area contributed by atoms with Crippen molar-refractivity contribution in [3.63, 3.8) is 0 Å². The summed E-state index contributed by atoms with van der Waals surface area (Å²) in [6.07, 6.45) is 2.04. The third-order valence-electron chi connectivity index (χ3n) is 3.40. The summed E-state index contributed by atoms with van der Waals surface area (Å²) < 4.78 is 12.4. The molecule has 0 aliphatic carbocycles. The minimum atomic E-state index is 0.0926. The lowest BCUT2D eigenvalue weighted by molar-refractivity contribution is -0.101. The highest BCUT2D eigenvalue weighted by molar-refractivity contribution is 9.10. The summed E-state index contributed by atoms with van der Waals surface area (Å²) in [6, 6.07) is 6.26. The molecule has 112 valence electrons. The van der Waals surface area contributed by atoms with E-state index in [0.717, 1.165) is 34.4 Å². The van der Waals surface area contributed by atoms with Crippen molar-refractivity contribution in [3.05, 3.63) is 33.3 Å². The molecular formula is C15H21BrClNO2. The van der Waals surface area contributed by atoms with Gasteiger partial charge in [-0.15, -0.1) is 0 Å². The molecule has 1 N–H and O–H groups in total. The van der Waals surface area contributed by atoms with Crippen molar-refractivity contribution >= 4 is 27.5 Å². The number of nitrogens with one attached hydrogen (secondary N) is 1. The zero-order valence-electron chi connectivity index (χ0n) is 11.7. The number of benzene rings is 1. The molecule has 0 amide bonds. The van der Waals surface area contributed by atoms with Gasteiger partial charge in [0.25, 0.3) is 0 Å². The van der Waals surface area contributed by atoms with Crippen molar-refractivity contribution in [3.8, 4) is 0 Å². The van der Waals surface area contributed by atoms with Gasteiger partial charge in [-0.25, -0.2) is 0 Å². The van der Waals surface area contributed by atoms with E-state index in [2.05, 4.69) is 34.2 Å². The lowest BCUT2D eigenvalue weighted by Gasteiger charge is -2.31. The molecule has 1 heterocycles. The normalized spacial score (nSPS) is 20.9. The maximum absolute atomic E-state index is 6.32. The summed E-state index contributed by atoms with van der Waals surface area (Å²) in [4.78, 5) is 0. The molecule has 5 heteroatoms. The van der Waals surface area contributed by atoms with Crippen LogP contribution >= 0.6 is 27.5 Å². The summed E-state index contributed by atoms with van der Waals surface area (Å²) in [5.41, 5.74) is 1.14. The van der Waals surface area contributed by atoms with Crippen LogP contribution < -0.4 is 5.32 Å². The van der Waals surface area contributed by atoms with Crippen LogP contribution in [0.5, 0.6) is 0 Å². The fraction of sp³-hybridized carbons (Fsp3) is 0.600. The molecule has 0 radical (unpaired) electrons. The lowest BCUT2D eigenvalue weighted by atomic mass is 10.0. The topological polar surface area (TPSA) is 30.5 Å². The maximum Gasteiger partial charge on any atom is 0.0965 e. The van der Waals surface area contributed by atoms with Gasteiger partial charge in [0, 0.05) is 15.5 Å². The Morgan fingerprint density at radius 1 is 1.45 bits per heavy atom. The van der Waals surface area contributed by atoms with Crippen LogP contribution in [-0.4, -0.2) is 38.5 Å². The van der Waals surface area contributed by atoms with Gasteiger partial charge in [0.2, 0.25) is 0 Å². The van der Waals surface area contributed by atoms with Gasteiger partial charge in [0.1, 0.15) is 0 Å². The molecule has 2 rings (SSSR count). The molecule has 1 aliphatic heterocycles. The molecule has 0 saturated carbocycles. The van der Waals surface area contributed by atoms with E-state index in [1.165, 1.54) is 0 Å². The van der Waals surface area contributed by atoms with E-state index in [9.17, 15) is 0 Å². The lowest BCUT2D eigenvalue weighted by Crippen LogP contribution is -2.48. The number of hydrogen-bond donors (Lipinski definition) is 1. The van der Waals surface area contributed by atoms with E-state index in [4.69, 9.17) is 21.1 Å². The average Bonchev–Trinajstić information content (AvgIpc) is 2.46. The molecule has 1 aliphatic rings. The Hall–Kier alpha value is -0.130. The Labute approximate surface area is 134 Å². The largest absolute Gasteiger partial charge is 0.376 e. The predicted octanol–water partition coefficient (Wildman–Crippen LogP) is 3.43. The maximum atomic E-state index is 6.32. The molecule has 1 fully saturated rings. The van der Waals surface area contributed by atoms with Gasteiger partial charge >= 0.3 is 0 Å².